The standard InChI is InChI=1S/C16H19N3S/c1-2-4-13-12(3-1)17-15(20-13)11-18-9-10-19-8-7-16(19)6-5-14(16)18/h1-4,14H,5-11H2. The summed E-state index contributed by atoms with van der Waals surface area (Å²) in [6, 6.07) is 9.31. The molecule has 0 N–H and O–H groups in total. The summed E-state index contributed by atoms with van der Waals surface area (Å²) in [5, 5.41) is 1.29. The lowest BCUT2D eigenvalue weighted by molar-refractivity contribution is -0.176. The van der Waals surface area contributed by atoms with Crippen LogP contribution in [0.5, 0.6) is 0 Å². The van der Waals surface area contributed by atoms with Crippen LogP contribution < -0.4 is 0 Å². The van der Waals surface area contributed by atoms with E-state index in [9.17, 15) is 0 Å². The molecule has 4 heteroatoms. The minimum absolute atomic E-state index is 0.578. The third-order valence-electron chi connectivity index (χ3n) is 5.69. The minimum Gasteiger partial charge on any atom is -0.295 e. The number of aromatic nitrogens is 1. The van der Waals surface area contributed by atoms with Crippen molar-refractivity contribution in [3.05, 3.63) is 29.3 Å². The monoisotopic (exact) mass is 285 g/mol. The molecule has 1 saturated carbocycles. The zero-order chi connectivity index (χ0) is 13.2. The van der Waals surface area contributed by atoms with Crippen LogP contribution in [-0.4, -0.2) is 46.0 Å². The van der Waals surface area contributed by atoms with E-state index in [1.54, 1.807) is 0 Å². The number of nitrogens with zero attached hydrogens (tertiary/aromatic N) is 3. The highest BCUT2D eigenvalue weighted by molar-refractivity contribution is 7.18. The van der Waals surface area contributed by atoms with Crippen LogP contribution in [-0.2, 0) is 6.54 Å². The second-order valence-corrected chi connectivity index (χ2v) is 7.56. The zero-order valence-electron chi connectivity index (χ0n) is 11.6. The summed E-state index contributed by atoms with van der Waals surface area (Å²) >= 11 is 1.87. The van der Waals surface area contributed by atoms with Crippen LogP contribution in [0.15, 0.2) is 24.3 Å². The maximum Gasteiger partial charge on any atom is 0.108 e. The first-order valence-electron chi connectivity index (χ1n) is 7.69. The van der Waals surface area contributed by atoms with E-state index >= 15 is 0 Å². The lowest BCUT2D eigenvalue weighted by Crippen LogP contribution is -2.79. The van der Waals surface area contributed by atoms with E-state index in [2.05, 4.69) is 34.1 Å². The van der Waals surface area contributed by atoms with Gasteiger partial charge in [-0.2, -0.15) is 0 Å². The third-order valence-corrected chi connectivity index (χ3v) is 6.71. The minimum atomic E-state index is 0.578. The van der Waals surface area contributed by atoms with Crippen LogP contribution in [0, 0.1) is 0 Å². The molecule has 20 heavy (non-hydrogen) atoms. The first-order valence-corrected chi connectivity index (χ1v) is 8.50. The summed E-state index contributed by atoms with van der Waals surface area (Å²) in [7, 11) is 0. The molecule has 0 amide bonds. The van der Waals surface area contributed by atoms with Gasteiger partial charge >= 0.3 is 0 Å². The SMILES string of the molecule is c1ccc2sc(CN3CCN4CCC45CCC35)nc2c1. The van der Waals surface area contributed by atoms with E-state index in [1.165, 1.54) is 48.6 Å². The Balaban J connectivity index is 1.41. The Labute approximate surface area is 123 Å². The first kappa shape index (κ1) is 11.7. The fourth-order valence-corrected chi connectivity index (χ4v) is 5.43. The lowest BCUT2D eigenvalue weighted by Gasteiger charge is -2.69. The van der Waals surface area contributed by atoms with E-state index in [0.717, 1.165) is 18.1 Å². The molecule has 2 atom stereocenters. The van der Waals surface area contributed by atoms with Gasteiger partial charge in [0.2, 0.25) is 0 Å². The molecule has 3 nitrogen and oxygen atoms in total. The average molecular weight is 285 g/mol. The Morgan fingerprint density at radius 2 is 2.15 bits per heavy atom. The van der Waals surface area contributed by atoms with E-state index in [1.807, 2.05) is 11.3 Å². The van der Waals surface area contributed by atoms with Crippen molar-refractivity contribution in [2.75, 3.05) is 19.6 Å². The van der Waals surface area contributed by atoms with Crippen molar-refractivity contribution in [1.29, 1.82) is 0 Å². The highest BCUT2D eigenvalue weighted by Gasteiger charge is 2.59. The van der Waals surface area contributed by atoms with Crippen molar-refractivity contribution in [2.24, 2.45) is 0 Å². The maximum atomic E-state index is 4.81. The Hall–Kier alpha value is -0.970. The molecule has 3 heterocycles. The summed E-state index contributed by atoms with van der Waals surface area (Å²) in [6.45, 7) is 4.88. The number of rotatable bonds is 2. The van der Waals surface area contributed by atoms with E-state index in [4.69, 9.17) is 4.98 Å². The number of para-hydroxylation sites is 1. The quantitative estimate of drug-likeness (QED) is 0.846. The van der Waals surface area contributed by atoms with Crippen LogP contribution in [0.3, 0.4) is 0 Å². The maximum absolute atomic E-state index is 4.81. The molecule has 104 valence electrons. The molecule has 2 aromatic rings. The number of piperazine rings is 1. The van der Waals surface area contributed by atoms with Gasteiger partial charge in [0.25, 0.3) is 0 Å². The smallest absolute Gasteiger partial charge is 0.108 e. The lowest BCUT2D eigenvalue weighted by atomic mass is 9.61. The summed E-state index contributed by atoms with van der Waals surface area (Å²) in [6.07, 6.45) is 4.24. The molecule has 2 aliphatic heterocycles. The molecule has 1 aromatic carbocycles. The van der Waals surface area contributed by atoms with E-state index < -0.39 is 0 Å². The molecule has 5 rings (SSSR count). The molecule has 2 unspecified atom stereocenters. The molecule has 1 aromatic heterocycles. The number of hydrogen-bond acceptors (Lipinski definition) is 4. The third kappa shape index (κ3) is 1.45. The average Bonchev–Trinajstić information content (AvgIpc) is 2.77. The Bertz CT molecular complexity index is 630. The van der Waals surface area contributed by atoms with E-state index in [0.29, 0.717) is 5.54 Å². The molecular formula is C16H19N3S. The number of thiazole rings is 1. The summed E-state index contributed by atoms with van der Waals surface area (Å²) in [4.78, 5) is 10.3. The number of fused-ring (bicyclic) bond motifs is 1. The van der Waals surface area contributed by atoms with Crippen molar-refractivity contribution in [3.63, 3.8) is 0 Å². The normalized spacial score (nSPS) is 33.3. The molecule has 1 aliphatic carbocycles. The highest BCUT2D eigenvalue weighted by atomic mass is 32.1. The van der Waals surface area contributed by atoms with Crippen molar-refractivity contribution in [2.45, 2.75) is 37.4 Å². The van der Waals surface area contributed by atoms with Gasteiger partial charge in [-0.3, -0.25) is 9.80 Å². The van der Waals surface area contributed by atoms with Crippen molar-refractivity contribution in [3.8, 4) is 0 Å². The molecule has 3 aliphatic rings. The van der Waals surface area contributed by atoms with Gasteiger partial charge in [-0.1, -0.05) is 12.1 Å². The van der Waals surface area contributed by atoms with Gasteiger partial charge in [0.05, 0.1) is 16.8 Å². The van der Waals surface area contributed by atoms with Crippen LogP contribution in [0.2, 0.25) is 0 Å². The highest BCUT2D eigenvalue weighted by Crippen LogP contribution is 2.51. The Kier molecular flexibility index (Phi) is 2.35. The summed E-state index contributed by atoms with van der Waals surface area (Å²) in [5.74, 6) is 0. The van der Waals surface area contributed by atoms with Crippen LogP contribution in [0.4, 0.5) is 0 Å². The Morgan fingerprint density at radius 3 is 2.90 bits per heavy atom. The van der Waals surface area contributed by atoms with Crippen LogP contribution in [0.25, 0.3) is 10.2 Å². The van der Waals surface area contributed by atoms with Crippen LogP contribution >= 0.6 is 11.3 Å². The zero-order valence-corrected chi connectivity index (χ0v) is 12.4. The van der Waals surface area contributed by atoms with Crippen molar-refractivity contribution < 1.29 is 0 Å². The van der Waals surface area contributed by atoms with Gasteiger partial charge < -0.3 is 0 Å². The largest absolute Gasteiger partial charge is 0.295 e. The summed E-state index contributed by atoms with van der Waals surface area (Å²) < 4.78 is 1.33. The van der Waals surface area contributed by atoms with Crippen molar-refractivity contribution >= 4 is 21.6 Å². The first-order chi connectivity index (χ1) is 9.85. The van der Waals surface area contributed by atoms with Crippen LogP contribution in [0.1, 0.15) is 24.3 Å². The summed E-state index contributed by atoms with van der Waals surface area (Å²) in [5.41, 5.74) is 1.74. The van der Waals surface area contributed by atoms with Gasteiger partial charge in [0, 0.05) is 31.2 Å². The fraction of sp³-hybridized carbons (Fsp3) is 0.562. The fourth-order valence-electron chi connectivity index (χ4n) is 4.44. The van der Waals surface area contributed by atoms with Gasteiger partial charge in [0.15, 0.2) is 0 Å². The van der Waals surface area contributed by atoms with Gasteiger partial charge in [-0.05, 0) is 31.4 Å². The van der Waals surface area contributed by atoms with Gasteiger partial charge in [-0.25, -0.2) is 4.98 Å². The molecule has 3 fully saturated rings. The van der Waals surface area contributed by atoms with Gasteiger partial charge in [0.1, 0.15) is 5.01 Å². The second-order valence-electron chi connectivity index (χ2n) is 6.44. The molecule has 0 radical (unpaired) electrons. The van der Waals surface area contributed by atoms with Crippen molar-refractivity contribution in [1.82, 2.24) is 14.8 Å². The predicted octanol–water partition coefficient (Wildman–Crippen LogP) is 2.72. The Morgan fingerprint density at radius 1 is 1.20 bits per heavy atom. The molecular weight excluding hydrogens is 266 g/mol. The predicted molar refractivity (Wildman–Crippen MR) is 82.0 cm³/mol. The molecule has 1 spiro atoms. The topological polar surface area (TPSA) is 19.4 Å². The number of benzene rings is 1. The molecule has 2 saturated heterocycles. The molecule has 0 bridgehead atoms. The number of hydrogen-bond donors (Lipinski definition) is 0. The second kappa shape index (κ2) is 4.03. The van der Waals surface area contributed by atoms with Gasteiger partial charge in [-0.15, -0.1) is 11.3 Å². The van der Waals surface area contributed by atoms with E-state index in [-0.39, 0.29) is 0 Å².